The van der Waals surface area contributed by atoms with Gasteiger partial charge in [-0.3, -0.25) is 9.59 Å². The maximum absolute atomic E-state index is 12.7. The van der Waals surface area contributed by atoms with Gasteiger partial charge in [0.2, 0.25) is 11.8 Å². The fourth-order valence-electron chi connectivity index (χ4n) is 3.44. The normalized spacial score (nSPS) is 16.6. The van der Waals surface area contributed by atoms with E-state index in [2.05, 4.69) is 5.32 Å². The number of anilines is 1. The molecule has 1 unspecified atom stereocenters. The number of carbonyl (C=O) groups is 3. The molecule has 1 saturated heterocycles. The van der Waals surface area contributed by atoms with Crippen molar-refractivity contribution in [1.82, 2.24) is 4.90 Å². The first-order chi connectivity index (χ1) is 12.9. The Morgan fingerprint density at radius 3 is 2.63 bits per heavy atom. The molecule has 2 N–H and O–H groups in total. The van der Waals surface area contributed by atoms with E-state index >= 15 is 0 Å². The van der Waals surface area contributed by atoms with Crippen LogP contribution in [0.4, 0.5) is 5.00 Å². The molecule has 1 aliphatic rings. The molecule has 2 heterocycles. The number of benzene rings is 1. The molecule has 0 spiro atoms. The van der Waals surface area contributed by atoms with Crippen molar-refractivity contribution >= 4 is 34.1 Å². The van der Waals surface area contributed by atoms with Crippen LogP contribution in [0, 0.1) is 12.8 Å². The first-order valence-electron chi connectivity index (χ1n) is 8.88. The summed E-state index contributed by atoms with van der Waals surface area (Å²) in [7, 11) is 0. The van der Waals surface area contributed by atoms with E-state index in [4.69, 9.17) is 0 Å². The van der Waals surface area contributed by atoms with Crippen molar-refractivity contribution < 1.29 is 19.5 Å². The zero-order valence-electron chi connectivity index (χ0n) is 15.3. The molecule has 6 nitrogen and oxygen atoms in total. The molecule has 142 valence electrons. The molecule has 2 amide bonds. The summed E-state index contributed by atoms with van der Waals surface area (Å²) in [4.78, 5) is 39.1. The fraction of sp³-hybridized carbons (Fsp3) is 0.350. The molecule has 0 bridgehead atoms. The molecular weight excluding hydrogens is 364 g/mol. The SMILES string of the molecule is CCc1c(C)sc(NC(=O)C2CC(=O)N(Cc3ccccc3)C2)c1C(=O)O. The number of rotatable bonds is 6. The highest BCUT2D eigenvalue weighted by molar-refractivity contribution is 7.16. The molecule has 27 heavy (non-hydrogen) atoms. The van der Waals surface area contributed by atoms with E-state index in [1.54, 1.807) is 4.90 Å². The van der Waals surface area contributed by atoms with Crippen LogP contribution in [-0.2, 0) is 22.6 Å². The van der Waals surface area contributed by atoms with Gasteiger partial charge < -0.3 is 15.3 Å². The lowest BCUT2D eigenvalue weighted by atomic mass is 10.1. The Hall–Kier alpha value is -2.67. The third-order valence-electron chi connectivity index (χ3n) is 4.81. The number of aromatic carboxylic acids is 1. The van der Waals surface area contributed by atoms with E-state index in [9.17, 15) is 19.5 Å². The summed E-state index contributed by atoms with van der Waals surface area (Å²) < 4.78 is 0. The molecule has 1 aromatic heterocycles. The van der Waals surface area contributed by atoms with Gasteiger partial charge in [-0.15, -0.1) is 11.3 Å². The number of carboxylic acid groups (broad SMARTS) is 1. The predicted molar refractivity (Wildman–Crippen MR) is 104 cm³/mol. The lowest BCUT2D eigenvalue weighted by Crippen LogP contribution is -2.28. The van der Waals surface area contributed by atoms with E-state index in [0.29, 0.717) is 24.5 Å². The van der Waals surface area contributed by atoms with E-state index in [0.717, 1.165) is 16.0 Å². The van der Waals surface area contributed by atoms with E-state index < -0.39 is 11.9 Å². The second-order valence-corrected chi connectivity index (χ2v) is 7.87. The molecule has 1 aliphatic heterocycles. The molecule has 7 heteroatoms. The summed E-state index contributed by atoms with van der Waals surface area (Å²) in [5.41, 5.74) is 1.93. The van der Waals surface area contributed by atoms with Crippen LogP contribution in [0.3, 0.4) is 0 Å². The largest absolute Gasteiger partial charge is 0.478 e. The van der Waals surface area contributed by atoms with Crippen LogP contribution in [0.5, 0.6) is 0 Å². The van der Waals surface area contributed by atoms with E-state index in [1.165, 1.54) is 11.3 Å². The van der Waals surface area contributed by atoms with Gasteiger partial charge >= 0.3 is 5.97 Å². The summed E-state index contributed by atoms with van der Waals surface area (Å²) in [6.07, 6.45) is 0.735. The maximum atomic E-state index is 12.7. The molecule has 1 aromatic carbocycles. The number of carbonyl (C=O) groups excluding carboxylic acids is 2. The highest BCUT2D eigenvalue weighted by Crippen LogP contribution is 2.34. The number of nitrogens with one attached hydrogen (secondary N) is 1. The van der Waals surface area contributed by atoms with Crippen LogP contribution < -0.4 is 5.32 Å². The predicted octanol–water partition coefficient (Wildman–Crippen LogP) is 3.30. The number of nitrogens with zero attached hydrogens (tertiary/aromatic N) is 1. The Morgan fingerprint density at radius 1 is 1.30 bits per heavy atom. The Labute approximate surface area is 161 Å². The Bertz CT molecular complexity index is 876. The minimum Gasteiger partial charge on any atom is -0.478 e. The summed E-state index contributed by atoms with van der Waals surface area (Å²) in [5, 5.41) is 12.6. The van der Waals surface area contributed by atoms with Crippen molar-refractivity contribution in [2.75, 3.05) is 11.9 Å². The average molecular weight is 386 g/mol. The molecule has 2 aromatic rings. The Morgan fingerprint density at radius 2 is 2.00 bits per heavy atom. The molecular formula is C20H22N2O4S. The van der Waals surface area contributed by atoms with Crippen molar-refractivity contribution in [3.63, 3.8) is 0 Å². The van der Waals surface area contributed by atoms with Gasteiger partial charge in [0.1, 0.15) is 5.00 Å². The van der Waals surface area contributed by atoms with E-state index in [1.807, 2.05) is 44.2 Å². The topological polar surface area (TPSA) is 86.7 Å². The second kappa shape index (κ2) is 7.92. The molecule has 0 aliphatic carbocycles. The number of amides is 2. The average Bonchev–Trinajstić information content (AvgIpc) is 3.15. The van der Waals surface area contributed by atoms with Crippen LogP contribution in [0.1, 0.15) is 39.7 Å². The molecule has 0 radical (unpaired) electrons. The lowest BCUT2D eigenvalue weighted by molar-refractivity contribution is -0.128. The Balaban J connectivity index is 1.71. The summed E-state index contributed by atoms with van der Waals surface area (Å²) >= 11 is 1.27. The maximum Gasteiger partial charge on any atom is 0.339 e. The van der Waals surface area contributed by atoms with Crippen molar-refractivity contribution in [2.24, 2.45) is 5.92 Å². The smallest absolute Gasteiger partial charge is 0.339 e. The minimum atomic E-state index is -1.04. The number of likely N-dealkylation sites (tertiary alicyclic amines) is 1. The van der Waals surface area contributed by atoms with Crippen LogP contribution in [0.25, 0.3) is 0 Å². The van der Waals surface area contributed by atoms with Gasteiger partial charge in [-0.1, -0.05) is 37.3 Å². The van der Waals surface area contributed by atoms with Crippen molar-refractivity contribution in [3.8, 4) is 0 Å². The van der Waals surface area contributed by atoms with Crippen molar-refractivity contribution in [3.05, 3.63) is 51.9 Å². The third kappa shape index (κ3) is 4.03. The lowest BCUT2D eigenvalue weighted by Gasteiger charge is -2.16. The van der Waals surface area contributed by atoms with Crippen LogP contribution in [-0.4, -0.2) is 34.3 Å². The third-order valence-corrected chi connectivity index (χ3v) is 5.88. The van der Waals surface area contributed by atoms with Gasteiger partial charge in [0.15, 0.2) is 0 Å². The minimum absolute atomic E-state index is 0.0610. The molecule has 3 rings (SSSR count). The first kappa shape index (κ1) is 19.1. The Kier molecular flexibility index (Phi) is 5.60. The summed E-state index contributed by atoms with van der Waals surface area (Å²) in [6, 6.07) is 9.64. The number of thiophene rings is 1. The highest BCUT2D eigenvalue weighted by atomic mass is 32.1. The quantitative estimate of drug-likeness (QED) is 0.797. The standard InChI is InChI=1S/C20H22N2O4S/c1-3-15-12(2)27-19(17(15)20(25)26)21-18(24)14-9-16(23)22(11-14)10-13-7-5-4-6-8-13/h4-8,14H,3,9-11H2,1-2H3,(H,21,24)(H,25,26). The fourth-order valence-corrected chi connectivity index (χ4v) is 4.58. The summed E-state index contributed by atoms with van der Waals surface area (Å²) in [6.45, 7) is 4.56. The number of aryl methyl sites for hydroxylation is 1. The first-order valence-corrected chi connectivity index (χ1v) is 9.70. The zero-order chi connectivity index (χ0) is 19.6. The van der Waals surface area contributed by atoms with Crippen LogP contribution in [0.15, 0.2) is 30.3 Å². The summed E-state index contributed by atoms with van der Waals surface area (Å²) in [5.74, 6) is -1.88. The molecule has 0 saturated carbocycles. The van der Waals surface area contributed by atoms with Crippen molar-refractivity contribution in [2.45, 2.75) is 33.2 Å². The van der Waals surface area contributed by atoms with Crippen LogP contribution >= 0.6 is 11.3 Å². The number of carboxylic acids is 1. The molecule has 1 atom stereocenters. The highest BCUT2D eigenvalue weighted by Gasteiger charge is 2.35. The number of hydrogen-bond acceptors (Lipinski definition) is 4. The van der Waals surface area contributed by atoms with Gasteiger partial charge in [-0.25, -0.2) is 4.79 Å². The second-order valence-electron chi connectivity index (χ2n) is 6.65. The van der Waals surface area contributed by atoms with Gasteiger partial charge in [0.05, 0.1) is 11.5 Å². The van der Waals surface area contributed by atoms with Gasteiger partial charge in [0, 0.05) is 24.4 Å². The van der Waals surface area contributed by atoms with Gasteiger partial charge in [-0.2, -0.15) is 0 Å². The van der Waals surface area contributed by atoms with Gasteiger partial charge in [0.25, 0.3) is 0 Å². The molecule has 1 fully saturated rings. The number of hydrogen-bond donors (Lipinski definition) is 2. The zero-order valence-corrected chi connectivity index (χ0v) is 16.1. The monoisotopic (exact) mass is 386 g/mol. The van der Waals surface area contributed by atoms with Crippen LogP contribution in [0.2, 0.25) is 0 Å². The van der Waals surface area contributed by atoms with E-state index in [-0.39, 0.29) is 23.8 Å². The van der Waals surface area contributed by atoms with Crippen molar-refractivity contribution in [1.29, 1.82) is 0 Å². The van der Waals surface area contributed by atoms with Gasteiger partial charge in [-0.05, 0) is 24.5 Å².